The molecule has 4 aliphatic heterocycles. The van der Waals surface area contributed by atoms with Gasteiger partial charge in [-0.05, 0) is 32.3 Å². The average molecular weight is 528 g/mol. The standard InChI is InChI=1S/C6H11NO.C5H11NO2S.C5H9NO2.C4H10N2O2S/c1-6-7(2)4-3-5-8-6;1-6-4-2-3-5-9(6,7)8;1-6-2-3-8-4-5(6)7;1-6-4-2-3-5-9(6,7)8/h1,3-5H2,2H3;2-5H2,1H3;2-4H2,1H3;5H,2-4H2,1H3. The smallest absolute Gasteiger partial charge is 0.279 e. The number of morpholine rings is 1. The molecule has 4 rings (SSSR count). The minimum absolute atomic E-state index is 0.0799. The Morgan fingerprint density at radius 2 is 1.50 bits per heavy atom. The number of likely N-dealkylation sites (N-methyl/N-ethyl adjacent to an activating group) is 1. The van der Waals surface area contributed by atoms with Crippen molar-refractivity contribution in [3.05, 3.63) is 12.5 Å². The number of nitrogens with zero attached hydrogens (tertiary/aromatic N) is 4. The monoisotopic (exact) mass is 527 g/mol. The highest BCUT2D eigenvalue weighted by molar-refractivity contribution is 7.89. The van der Waals surface area contributed by atoms with Crippen molar-refractivity contribution >= 4 is 26.1 Å². The Bertz CT molecular complexity index is 781. The highest BCUT2D eigenvalue weighted by atomic mass is 32.2. The molecule has 0 atom stereocenters. The van der Waals surface area contributed by atoms with E-state index in [0.29, 0.717) is 32.0 Å². The lowest BCUT2D eigenvalue weighted by Gasteiger charge is -2.26. The Labute approximate surface area is 205 Å². The molecule has 0 aromatic heterocycles. The van der Waals surface area contributed by atoms with E-state index in [1.54, 1.807) is 26.0 Å². The zero-order valence-corrected chi connectivity index (χ0v) is 22.5. The number of amides is 1. The fourth-order valence-electron chi connectivity index (χ4n) is 2.97. The molecule has 1 amide bonds. The van der Waals surface area contributed by atoms with Crippen molar-refractivity contribution in [1.82, 2.24) is 23.1 Å². The molecule has 4 heterocycles. The molecule has 0 radical (unpaired) electrons. The van der Waals surface area contributed by atoms with E-state index in [1.165, 1.54) is 8.61 Å². The molecule has 4 saturated heterocycles. The number of carbonyl (C=O) groups is 1. The van der Waals surface area contributed by atoms with E-state index >= 15 is 0 Å². The van der Waals surface area contributed by atoms with Crippen molar-refractivity contribution in [2.24, 2.45) is 0 Å². The molecule has 14 heteroatoms. The van der Waals surface area contributed by atoms with Gasteiger partial charge in [0.15, 0.2) is 5.88 Å². The van der Waals surface area contributed by atoms with Gasteiger partial charge in [0.1, 0.15) is 6.61 Å². The minimum Gasteiger partial charge on any atom is -0.479 e. The quantitative estimate of drug-likeness (QED) is 0.446. The molecule has 12 nitrogen and oxygen atoms in total. The summed E-state index contributed by atoms with van der Waals surface area (Å²) in [5.41, 5.74) is 0. The number of hydrogen-bond acceptors (Lipinski definition) is 8. The van der Waals surface area contributed by atoms with Gasteiger partial charge in [0.25, 0.3) is 10.2 Å². The van der Waals surface area contributed by atoms with Gasteiger partial charge in [-0.3, -0.25) is 4.79 Å². The summed E-state index contributed by atoms with van der Waals surface area (Å²) in [4.78, 5) is 14.3. The fourth-order valence-corrected chi connectivity index (χ4v) is 5.25. The van der Waals surface area contributed by atoms with Crippen LogP contribution in [0.5, 0.6) is 0 Å². The first-order valence-corrected chi connectivity index (χ1v) is 14.4. The van der Waals surface area contributed by atoms with Gasteiger partial charge >= 0.3 is 0 Å². The van der Waals surface area contributed by atoms with Gasteiger partial charge in [0, 0.05) is 60.9 Å². The summed E-state index contributed by atoms with van der Waals surface area (Å²) in [7, 11) is 1.07. The van der Waals surface area contributed by atoms with Gasteiger partial charge in [-0.15, -0.1) is 0 Å². The minimum atomic E-state index is -3.08. The van der Waals surface area contributed by atoms with Crippen LogP contribution in [0, 0.1) is 0 Å². The number of carbonyl (C=O) groups excluding carboxylic acids is 1. The second-order valence-corrected chi connectivity index (χ2v) is 12.4. The molecular weight excluding hydrogens is 486 g/mol. The topological polar surface area (TPSA) is 129 Å². The SMILES string of the molecule is C=C1OCCCN1C.CN1CCCCS1(=O)=O.CN1CCCNS1(=O)=O.CN1CCOCC1=O. The van der Waals surface area contributed by atoms with Crippen molar-refractivity contribution in [1.29, 1.82) is 0 Å². The maximum atomic E-state index is 10.9. The predicted molar refractivity (Wildman–Crippen MR) is 131 cm³/mol. The molecule has 200 valence electrons. The summed E-state index contributed by atoms with van der Waals surface area (Å²) < 4.78 is 58.5. The van der Waals surface area contributed by atoms with E-state index in [4.69, 9.17) is 9.47 Å². The molecule has 0 aliphatic carbocycles. The van der Waals surface area contributed by atoms with Crippen LogP contribution in [0.15, 0.2) is 12.5 Å². The molecule has 0 aromatic rings. The Morgan fingerprint density at radius 3 is 1.85 bits per heavy atom. The normalized spacial score (nSPS) is 24.8. The van der Waals surface area contributed by atoms with Crippen molar-refractivity contribution in [3.63, 3.8) is 0 Å². The zero-order valence-electron chi connectivity index (χ0n) is 20.9. The van der Waals surface area contributed by atoms with Gasteiger partial charge in [0.05, 0.1) is 19.0 Å². The molecule has 0 spiro atoms. The van der Waals surface area contributed by atoms with Crippen LogP contribution in [-0.2, 0) is 34.5 Å². The first-order chi connectivity index (χ1) is 15.9. The predicted octanol–water partition coefficient (Wildman–Crippen LogP) is -0.517. The van der Waals surface area contributed by atoms with Crippen molar-refractivity contribution in [2.45, 2.75) is 25.7 Å². The zero-order chi connectivity index (χ0) is 25.8. The third-order valence-corrected chi connectivity index (χ3v) is 9.01. The Kier molecular flexibility index (Phi) is 13.3. The summed E-state index contributed by atoms with van der Waals surface area (Å²) >= 11 is 0. The molecule has 0 aromatic carbocycles. The van der Waals surface area contributed by atoms with Crippen LogP contribution in [0.2, 0.25) is 0 Å². The van der Waals surface area contributed by atoms with Gasteiger partial charge < -0.3 is 19.3 Å². The van der Waals surface area contributed by atoms with E-state index in [-0.39, 0.29) is 12.5 Å². The number of hydrogen-bond donors (Lipinski definition) is 1. The molecule has 0 saturated carbocycles. The van der Waals surface area contributed by atoms with Crippen LogP contribution in [0.4, 0.5) is 0 Å². The Balaban J connectivity index is 0.000000227. The van der Waals surface area contributed by atoms with Gasteiger partial charge in [0.2, 0.25) is 15.9 Å². The van der Waals surface area contributed by atoms with Crippen LogP contribution in [0.3, 0.4) is 0 Å². The van der Waals surface area contributed by atoms with Crippen LogP contribution in [0.25, 0.3) is 0 Å². The molecule has 0 unspecified atom stereocenters. The van der Waals surface area contributed by atoms with Gasteiger partial charge in [-0.1, -0.05) is 0 Å². The molecule has 4 fully saturated rings. The molecule has 4 aliphatic rings. The van der Waals surface area contributed by atoms with Crippen molar-refractivity contribution < 1.29 is 31.1 Å². The van der Waals surface area contributed by atoms with E-state index in [9.17, 15) is 21.6 Å². The number of rotatable bonds is 0. The van der Waals surface area contributed by atoms with Gasteiger partial charge in [-0.25, -0.2) is 17.4 Å². The first kappa shape index (κ1) is 30.6. The lowest BCUT2D eigenvalue weighted by molar-refractivity contribution is -0.140. The fraction of sp³-hybridized carbons (Fsp3) is 0.850. The summed E-state index contributed by atoms with van der Waals surface area (Å²) in [6, 6.07) is 0. The van der Waals surface area contributed by atoms with E-state index in [2.05, 4.69) is 11.3 Å². The Hall–Kier alpha value is -1.45. The summed E-state index contributed by atoms with van der Waals surface area (Å²) in [5, 5.41) is 0. The largest absolute Gasteiger partial charge is 0.479 e. The number of ether oxygens (including phenoxy) is 2. The van der Waals surface area contributed by atoms with E-state index < -0.39 is 20.2 Å². The molecule has 0 bridgehead atoms. The second kappa shape index (κ2) is 14.8. The van der Waals surface area contributed by atoms with Crippen LogP contribution >= 0.6 is 0 Å². The summed E-state index contributed by atoms with van der Waals surface area (Å²) in [6.07, 6.45) is 3.85. The van der Waals surface area contributed by atoms with Crippen molar-refractivity contribution in [3.8, 4) is 0 Å². The Morgan fingerprint density at radius 1 is 0.824 bits per heavy atom. The lowest BCUT2D eigenvalue weighted by Crippen LogP contribution is -2.44. The first-order valence-electron chi connectivity index (χ1n) is 11.4. The van der Waals surface area contributed by atoms with Crippen LogP contribution in [-0.4, -0.2) is 128 Å². The average Bonchev–Trinajstić information content (AvgIpc) is 2.78. The highest BCUT2D eigenvalue weighted by Gasteiger charge is 2.21. The van der Waals surface area contributed by atoms with E-state index in [1.807, 2.05) is 11.9 Å². The maximum absolute atomic E-state index is 10.9. The number of sulfonamides is 1. The summed E-state index contributed by atoms with van der Waals surface area (Å²) in [5.74, 6) is 1.22. The van der Waals surface area contributed by atoms with Crippen LogP contribution < -0.4 is 4.72 Å². The molecule has 34 heavy (non-hydrogen) atoms. The van der Waals surface area contributed by atoms with Crippen LogP contribution in [0.1, 0.15) is 25.7 Å². The van der Waals surface area contributed by atoms with E-state index in [0.717, 1.165) is 51.3 Å². The third kappa shape index (κ3) is 11.3. The van der Waals surface area contributed by atoms with Crippen molar-refractivity contribution in [2.75, 3.05) is 86.5 Å². The molecular formula is C20H41N5O7S2. The second-order valence-electron chi connectivity index (χ2n) is 8.30. The van der Waals surface area contributed by atoms with Gasteiger partial charge in [-0.2, -0.15) is 12.7 Å². The maximum Gasteiger partial charge on any atom is 0.279 e. The lowest BCUT2D eigenvalue weighted by atomic mass is 10.3. The third-order valence-electron chi connectivity index (χ3n) is 5.50. The number of nitrogens with one attached hydrogen (secondary N) is 1. The highest BCUT2D eigenvalue weighted by Crippen LogP contribution is 2.10. The molecule has 1 N–H and O–H groups in total. The summed E-state index contributed by atoms with van der Waals surface area (Å²) in [6.45, 7) is 9.20.